The van der Waals surface area contributed by atoms with Crippen LogP contribution in [0.5, 0.6) is 0 Å². The van der Waals surface area contributed by atoms with Crippen molar-refractivity contribution in [3.05, 3.63) is 15.6 Å². The van der Waals surface area contributed by atoms with Crippen LogP contribution >= 0.6 is 11.3 Å². The van der Waals surface area contributed by atoms with Crippen molar-refractivity contribution < 1.29 is 4.74 Å². The molecule has 2 N–H and O–H groups in total. The standard InChI is InChI=1S/C14H22N2OS/c1-17-10-6-8-14(15,9-7-10)13-16-11-4-2-3-5-12(11)18-13/h10H,2-9,15H2,1H3. The molecular weight excluding hydrogens is 244 g/mol. The molecule has 4 heteroatoms. The van der Waals surface area contributed by atoms with Crippen LogP contribution in [0.15, 0.2) is 0 Å². The average molecular weight is 266 g/mol. The van der Waals surface area contributed by atoms with Crippen molar-refractivity contribution in [2.45, 2.75) is 63.0 Å². The molecule has 1 aromatic rings. The summed E-state index contributed by atoms with van der Waals surface area (Å²) >= 11 is 1.87. The Hall–Kier alpha value is -0.450. The number of aryl methyl sites for hydroxylation is 2. The van der Waals surface area contributed by atoms with E-state index in [2.05, 4.69) is 0 Å². The number of aromatic nitrogens is 1. The zero-order valence-electron chi connectivity index (χ0n) is 11.1. The second-order valence-corrected chi connectivity index (χ2v) is 6.77. The summed E-state index contributed by atoms with van der Waals surface area (Å²) in [6, 6.07) is 0. The highest BCUT2D eigenvalue weighted by Crippen LogP contribution is 2.39. The van der Waals surface area contributed by atoms with Crippen LogP contribution in [0.3, 0.4) is 0 Å². The zero-order valence-corrected chi connectivity index (χ0v) is 11.9. The van der Waals surface area contributed by atoms with E-state index < -0.39 is 0 Å². The first-order chi connectivity index (χ1) is 8.71. The third kappa shape index (κ3) is 2.22. The van der Waals surface area contributed by atoms with Crippen molar-refractivity contribution in [1.82, 2.24) is 4.98 Å². The van der Waals surface area contributed by atoms with Gasteiger partial charge in [-0.3, -0.25) is 0 Å². The Morgan fingerprint density at radius 2 is 2.00 bits per heavy atom. The van der Waals surface area contributed by atoms with Gasteiger partial charge in [0.25, 0.3) is 0 Å². The van der Waals surface area contributed by atoms with Gasteiger partial charge in [-0.15, -0.1) is 11.3 Å². The van der Waals surface area contributed by atoms with Gasteiger partial charge in [0.1, 0.15) is 5.01 Å². The molecule has 2 aliphatic rings. The van der Waals surface area contributed by atoms with Gasteiger partial charge in [0.05, 0.1) is 17.3 Å². The van der Waals surface area contributed by atoms with E-state index in [9.17, 15) is 0 Å². The second-order valence-electron chi connectivity index (χ2n) is 5.69. The Kier molecular flexibility index (Phi) is 3.43. The summed E-state index contributed by atoms with van der Waals surface area (Å²) in [7, 11) is 1.80. The summed E-state index contributed by atoms with van der Waals surface area (Å²) in [6.07, 6.45) is 9.53. The summed E-state index contributed by atoms with van der Waals surface area (Å²) in [5.41, 5.74) is 7.75. The molecule has 100 valence electrons. The SMILES string of the molecule is COC1CCC(N)(c2nc3c(s2)CCCC3)CC1. The maximum absolute atomic E-state index is 6.60. The zero-order chi connectivity index (χ0) is 12.6. The normalized spacial score (nSPS) is 32.2. The third-order valence-corrected chi connectivity index (χ3v) is 5.81. The number of fused-ring (bicyclic) bond motifs is 1. The topological polar surface area (TPSA) is 48.1 Å². The minimum atomic E-state index is -0.183. The molecule has 0 spiro atoms. The molecule has 0 unspecified atom stereocenters. The number of methoxy groups -OCH3 is 1. The lowest BCUT2D eigenvalue weighted by Gasteiger charge is -2.35. The average Bonchev–Trinajstić information content (AvgIpc) is 2.84. The van der Waals surface area contributed by atoms with Gasteiger partial charge >= 0.3 is 0 Å². The Bertz CT molecular complexity index is 398. The molecule has 0 amide bonds. The molecule has 18 heavy (non-hydrogen) atoms. The quantitative estimate of drug-likeness (QED) is 0.895. The van der Waals surface area contributed by atoms with E-state index >= 15 is 0 Å². The number of hydrogen-bond acceptors (Lipinski definition) is 4. The number of thiazole rings is 1. The summed E-state index contributed by atoms with van der Waals surface area (Å²) < 4.78 is 5.43. The maximum Gasteiger partial charge on any atom is 0.113 e. The summed E-state index contributed by atoms with van der Waals surface area (Å²) in [4.78, 5) is 6.35. The lowest BCUT2D eigenvalue weighted by atomic mass is 9.81. The van der Waals surface area contributed by atoms with Crippen LogP contribution in [0.25, 0.3) is 0 Å². The summed E-state index contributed by atoms with van der Waals surface area (Å²) in [6.45, 7) is 0. The van der Waals surface area contributed by atoms with Gasteiger partial charge in [-0.25, -0.2) is 4.98 Å². The van der Waals surface area contributed by atoms with E-state index in [0.29, 0.717) is 6.10 Å². The Morgan fingerprint density at radius 3 is 2.67 bits per heavy atom. The van der Waals surface area contributed by atoms with E-state index in [-0.39, 0.29) is 5.54 Å². The first-order valence-corrected chi connectivity index (χ1v) is 7.84. The molecule has 3 nitrogen and oxygen atoms in total. The molecular formula is C14H22N2OS. The molecule has 0 aliphatic heterocycles. The van der Waals surface area contributed by atoms with Gasteiger partial charge in [0.2, 0.25) is 0 Å². The van der Waals surface area contributed by atoms with Crippen molar-refractivity contribution >= 4 is 11.3 Å². The molecule has 0 atom stereocenters. The fourth-order valence-corrected chi connectivity index (χ4v) is 4.43. The minimum absolute atomic E-state index is 0.183. The molecule has 2 aliphatic carbocycles. The maximum atomic E-state index is 6.60. The molecule has 0 radical (unpaired) electrons. The van der Waals surface area contributed by atoms with E-state index in [0.717, 1.165) is 32.1 Å². The molecule has 0 aromatic carbocycles. The molecule has 1 heterocycles. The number of nitrogens with two attached hydrogens (primary N) is 1. The predicted octanol–water partition coefficient (Wildman–Crippen LogP) is 2.76. The van der Waals surface area contributed by atoms with Crippen LogP contribution < -0.4 is 5.73 Å². The molecule has 1 aromatic heterocycles. The van der Waals surface area contributed by atoms with Crippen LogP contribution in [-0.4, -0.2) is 18.2 Å². The summed E-state index contributed by atoms with van der Waals surface area (Å²) in [5.74, 6) is 0. The van der Waals surface area contributed by atoms with Crippen molar-refractivity contribution in [2.75, 3.05) is 7.11 Å². The lowest BCUT2D eigenvalue weighted by Crippen LogP contribution is -2.41. The number of ether oxygens (including phenoxy) is 1. The summed E-state index contributed by atoms with van der Waals surface area (Å²) in [5, 5.41) is 1.18. The van der Waals surface area contributed by atoms with Crippen LogP contribution in [0, 0.1) is 0 Å². The van der Waals surface area contributed by atoms with Gasteiger partial charge in [-0.2, -0.15) is 0 Å². The van der Waals surface area contributed by atoms with Gasteiger partial charge in [-0.05, 0) is 51.4 Å². The van der Waals surface area contributed by atoms with Crippen LogP contribution in [0.2, 0.25) is 0 Å². The monoisotopic (exact) mass is 266 g/mol. The first kappa shape index (κ1) is 12.6. The van der Waals surface area contributed by atoms with Crippen LogP contribution in [0.4, 0.5) is 0 Å². The fourth-order valence-electron chi connectivity index (χ4n) is 3.12. The Labute approximate surface area is 113 Å². The largest absolute Gasteiger partial charge is 0.381 e. The smallest absolute Gasteiger partial charge is 0.113 e. The van der Waals surface area contributed by atoms with Crippen LogP contribution in [-0.2, 0) is 23.1 Å². The molecule has 0 saturated heterocycles. The van der Waals surface area contributed by atoms with Crippen molar-refractivity contribution in [1.29, 1.82) is 0 Å². The molecule has 1 saturated carbocycles. The molecule has 0 bridgehead atoms. The molecule has 1 fully saturated rings. The van der Waals surface area contributed by atoms with E-state index in [1.807, 2.05) is 11.3 Å². The minimum Gasteiger partial charge on any atom is -0.381 e. The van der Waals surface area contributed by atoms with Crippen LogP contribution in [0.1, 0.15) is 54.1 Å². The number of nitrogens with zero attached hydrogens (tertiary/aromatic N) is 1. The Balaban J connectivity index is 1.79. The van der Waals surface area contributed by atoms with Crippen molar-refractivity contribution in [2.24, 2.45) is 5.73 Å². The first-order valence-electron chi connectivity index (χ1n) is 7.02. The van der Waals surface area contributed by atoms with Crippen molar-refractivity contribution in [3.8, 4) is 0 Å². The highest BCUT2D eigenvalue weighted by Gasteiger charge is 2.36. The molecule has 3 rings (SSSR count). The van der Waals surface area contributed by atoms with E-state index in [4.69, 9.17) is 15.5 Å². The third-order valence-electron chi connectivity index (χ3n) is 4.43. The second kappa shape index (κ2) is 4.91. The fraction of sp³-hybridized carbons (Fsp3) is 0.786. The lowest BCUT2D eigenvalue weighted by molar-refractivity contribution is 0.0492. The highest BCUT2D eigenvalue weighted by molar-refractivity contribution is 7.11. The van der Waals surface area contributed by atoms with E-state index in [1.165, 1.54) is 34.8 Å². The number of rotatable bonds is 2. The van der Waals surface area contributed by atoms with Gasteiger partial charge in [-0.1, -0.05) is 0 Å². The Morgan fingerprint density at radius 1 is 1.28 bits per heavy atom. The van der Waals surface area contributed by atoms with E-state index in [1.54, 1.807) is 7.11 Å². The van der Waals surface area contributed by atoms with Crippen molar-refractivity contribution in [3.63, 3.8) is 0 Å². The van der Waals surface area contributed by atoms with Gasteiger partial charge in [0, 0.05) is 12.0 Å². The van der Waals surface area contributed by atoms with Gasteiger partial charge in [0.15, 0.2) is 0 Å². The highest BCUT2D eigenvalue weighted by atomic mass is 32.1. The van der Waals surface area contributed by atoms with Gasteiger partial charge < -0.3 is 10.5 Å². The predicted molar refractivity (Wildman–Crippen MR) is 73.9 cm³/mol. The number of hydrogen-bond donors (Lipinski definition) is 1.